The molecule has 0 aliphatic carbocycles. The maximum Gasteiger partial charge on any atom is 0.294 e. The number of hydrogen-bond donors (Lipinski definition) is 1. The second kappa shape index (κ2) is 3.57. The lowest BCUT2D eigenvalue weighted by Gasteiger charge is -2.06. The van der Waals surface area contributed by atoms with E-state index in [1.807, 2.05) is 26.0 Å². The van der Waals surface area contributed by atoms with E-state index in [-0.39, 0.29) is 4.90 Å². The van der Waals surface area contributed by atoms with Crippen LogP contribution in [0.4, 0.5) is 0 Å². The maximum atomic E-state index is 11.0. The van der Waals surface area contributed by atoms with Gasteiger partial charge in [-0.3, -0.25) is 4.55 Å². The van der Waals surface area contributed by atoms with Crippen LogP contribution < -0.4 is 0 Å². The van der Waals surface area contributed by atoms with Crippen LogP contribution in [0.2, 0.25) is 0 Å². The van der Waals surface area contributed by atoms with Crippen LogP contribution >= 0.6 is 0 Å². The Morgan fingerprint density at radius 3 is 2.31 bits per heavy atom. The molecule has 1 N–H and O–H groups in total. The van der Waals surface area contributed by atoms with Gasteiger partial charge in [0.15, 0.2) is 0 Å². The smallest absolute Gasteiger partial charge is 0.282 e. The van der Waals surface area contributed by atoms with Gasteiger partial charge in [0.25, 0.3) is 10.1 Å². The Morgan fingerprint density at radius 1 is 1.06 bits per heavy atom. The minimum absolute atomic E-state index is 0.0614. The summed E-state index contributed by atoms with van der Waals surface area (Å²) in [6, 6.07) is 8.54. The van der Waals surface area contributed by atoms with Gasteiger partial charge in [-0.15, -0.1) is 0 Å². The van der Waals surface area contributed by atoms with Crippen LogP contribution in [0.5, 0.6) is 0 Å². The van der Waals surface area contributed by atoms with Gasteiger partial charge in [0.1, 0.15) is 0 Å². The molecule has 0 spiro atoms. The number of benzene rings is 2. The molecule has 0 bridgehead atoms. The van der Waals surface area contributed by atoms with Crippen LogP contribution in [0.3, 0.4) is 0 Å². The van der Waals surface area contributed by atoms with Crippen molar-refractivity contribution in [2.75, 3.05) is 0 Å². The zero-order chi connectivity index (χ0) is 11.9. The summed E-state index contributed by atoms with van der Waals surface area (Å²) in [5.74, 6) is 0. The Morgan fingerprint density at radius 2 is 1.69 bits per heavy atom. The average molecular weight is 236 g/mol. The molecular weight excluding hydrogens is 224 g/mol. The van der Waals surface area contributed by atoms with Crippen LogP contribution in [0.25, 0.3) is 10.8 Å². The highest BCUT2D eigenvalue weighted by Crippen LogP contribution is 2.24. The van der Waals surface area contributed by atoms with Gasteiger partial charge in [0.2, 0.25) is 0 Å². The quantitative estimate of drug-likeness (QED) is 0.774. The summed E-state index contributed by atoms with van der Waals surface area (Å²) in [6.45, 7) is 3.90. The molecule has 0 saturated heterocycles. The standard InChI is InChI=1S/C12H12O3S/c1-8-3-4-10-5-6-11(16(13,14)15)7-12(10)9(8)2/h3-7H,1-2H3,(H,13,14,15). The van der Waals surface area contributed by atoms with E-state index in [4.69, 9.17) is 4.55 Å². The fraction of sp³-hybridized carbons (Fsp3) is 0.167. The molecule has 2 rings (SSSR count). The largest absolute Gasteiger partial charge is 0.294 e. The number of fused-ring (bicyclic) bond motifs is 1. The second-order valence-electron chi connectivity index (χ2n) is 3.87. The van der Waals surface area contributed by atoms with Crippen LogP contribution in [-0.4, -0.2) is 13.0 Å². The van der Waals surface area contributed by atoms with Crippen molar-refractivity contribution < 1.29 is 13.0 Å². The molecule has 0 heterocycles. The molecule has 2 aromatic rings. The Hall–Kier alpha value is -1.39. The summed E-state index contributed by atoms with van der Waals surface area (Å²) in [6.07, 6.45) is 0. The summed E-state index contributed by atoms with van der Waals surface area (Å²) in [7, 11) is -4.12. The van der Waals surface area contributed by atoms with Gasteiger partial charge >= 0.3 is 0 Å². The van der Waals surface area contributed by atoms with E-state index in [1.54, 1.807) is 6.07 Å². The summed E-state index contributed by atoms with van der Waals surface area (Å²) >= 11 is 0. The first kappa shape index (κ1) is 11.1. The molecule has 0 atom stereocenters. The summed E-state index contributed by atoms with van der Waals surface area (Å²) in [4.78, 5) is -0.0614. The van der Waals surface area contributed by atoms with E-state index in [9.17, 15) is 8.42 Å². The van der Waals surface area contributed by atoms with Crippen molar-refractivity contribution in [2.45, 2.75) is 18.7 Å². The van der Waals surface area contributed by atoms with Crippen molar-refractivity contribution in [3.8, 4) is 0 Å². The molecule has 16 heavy (non-hydrogen) atoms. The van der Waals surface area contributed by atoms with Crippen molar-refractivity contribution in [1.82, 2.24) is 0 Å². The number of aryl methyl sites for hydroxylation is 2. The Kier molecular flexibility index (Phi) is 2.48. The van der Waals surface area contributed by atoms with Gasteiger partial charge in [0.05, 0.1) is 4.90 Å². The molecule has 0 aliphatic heterocycles. The van der Waals surface area contributed by atoms with Crippen molar-refractivity contribution in [3.63, 3.8) is 0 Å². The summed E-state index contributed by atoms with van der Waals surface area (Å²) in [5, 5.41) is 1.82. The molecular formula is C12H12O3S. The molecule has 84 valence electrons. The maximum absolute atomic E-state index is 11.0. The van der Waals surface area contributed by atoms with E-state index < -0.39 is 10.1 Å². The first-order valence-corrected chi connectivity index (χ1v) is 6.31. The number of rotatable bonds is 1. The zero-order valence-corrected chi connectivity index (χ0v) is 9.88. The predicted octanol–water partition coefficient (Wildman–Crippen LogP) is 2.70. The fourth-order valence-corrected chi connectivity index (χ4v) is 2.22. The topological polar surface area (TPSA) is 54.4 Å². The molecule has 0 radical (unpaired) electrons. The van der Waals surface area contributed by atoms with Gasteiger partial charge in [-0.1, -0.05) is 18.2 Å². The van der Waals surface area contributed by atoms with Gasteiger partial charge in [-0.25, -0.2) is 0 Å². The van der Waals surface area contributed by atoms with Crippen LogP contribution in [0, 0.1) is 13.8 Å². The lowest BCUT2D eigenvalue weighted by molar-refractivity contribution is 0.483. The molecule has 0 fully saturated rings. The SMILES string of the molecule is Cc1ccc2ccc(S(=O)(=O)O)cc2c1C. The van der Waals surface area contributed by atoms with E-state index in [0.717, 1.165) is 21.9 Å². The predicted molar refractivity (Wildman–Crippen MR) is 63.2 cm³/mol. The molecule has 0 aromatic heterocycles. The van der Waals surface area contributed by atoms with Crippen LogP contribution in [0.1, 0.15) is 11.1 Å². The molecule has 4 heteroatoms. The normalized spacial score (nSPS) is 11.9. The van der Waals surface area contributed by atoms with Crippen LogP contribution in [-0.2, 0) is 10.1 Å². The minimum Gasteiger partial charge on any atom is -0.282 e. The van der Waals surface area contributed by atoms with Crippen molar-refractivity contribution in [3.05, 3.63) is 41.5 Å². The van der Waals surface area contributed by atoms with Crippen LogP contribution in [0.15, 0.2) is 35.2 Å². The van der Waals surface area contributed by atoms with E-state index in [0.29, 0.717) is 0 Å². The van der Waals surface area contributed by atoms with E-state index >= 15 is 0 Å². The van der Waals surface area contributed by atoms with E-state index in [1.165, 1.54) is 12.1 Å². The lowest BCUT2D eigenvalue weighted by Crippen LogP contribution is -1.98. The highest BCUT2D eigenvalue weighted by Gasteiger charge is 2.10. The summed E-state index contributed by atoms with van der Waals surface area (Å²) in [5.41, 5.74) is 2.13. The Labute approximate surface area is 94.5 Å². The fourth-order valence-electron chi connectivity index (χ4n) is 1.72. The average Bonchev–Trinajstić information content (AvgIpc) is 2.22. The Bertz CT molecular complexity index is 657. The first-order valence-electron chi connectivity index (χ1n) is 4.87. The molecule has 0 amide bonds. The van der Waals surface area contributed by atoms with Gasteiger partial charge < -0.3 is 0 Å². The highest BCUT2D eigenvalue weighted by molar-refractivity contribution is 7.85. The minimum atomic E-state index is -4.12. The Balaban J connectivity index is 2.84. The van der Waals surface area contributed by atoms with Crippen molar-refractivity contribution >= 4 is 20.9 Å². The number of hydrogen-bond acceptors (Lipinski definition) is 2. The zero-order valence-electron chi connectivity index (χ0n) is 9.06. The van der Waals surface area contributed by atoms with Crippen molar-refractivity contribution in [1.29, 1.82) is 0 Å². The monoisotopic (exact) mass is 236 g/mol. The van der Waals surface area contributed by atoms with Gasteiger partial charge in [-0.2, -0.15) is 8.42 Å². The molecule has 0 aliphatic rings. The molecule has 0 saturated carbocycles. The third-order valence-electron chi connectivity index (χ3n) is 2.83. The summed E-state index contributed by atoms with van der Waals surface area (Å²) < 4.78 is 31.0. The van der Waals surface area contributed by atoms with Gasteiger partial charge in [-0.05, 0) is 47.9 Å². The molecule has 2 aromatic carbocycles. The molecule has 3 nitrogen and oxygen atoms in total. The highest BCUT2D eigenvalue weighted by atomic mass is 32.2. The lowest BCUT2D eigenvalue weighted by atomic mass is 10.0. The van der Waals surface area contributed by atoms with Crippen molar-refractivity contribution in [2.24, 2.45) is 0 Å². The first-order chi connectivity index (χ1) is 7.39. The molecule has 0 unspecified atom stereocenters. The third kappa shape index (κ3) is 1.81. The third-order valence-corrected chi connectivity index (χ3v) is 3.68. The second-order valence-corrected chi connectivity index (χ2v) is 5.29. The van der Waals surface area contributed by atoms with Gasteiger partial charge in [0, 0.05) is 0 Å². The van der Waals surface area contributed by atoms with E-state index in [2.05, 4.69) is 0 Å².